The maximum Gasteiger partial charge on any atom is 0.0561 e. The molecule has 0 aromatic heterocycles. The van der Waals surface area contributed by atoms with Crippen molar-refractivity contribution >= 4 is 22.7 Å². The van der Waals surface area contributed by atoms with Crippen LogP contribution in [0.15, 0.2) is 120 Å². The standard InChI is InChI=1S/C30H22N2/c1-2-11-22(12-3-1)32-31-20-29-23-13-5-4-10-21(23)18-19-28(29)30-26-16-8-6-14-24(26)25-15-7-9-17-27(25)30/h1-20,30,32H/b31-20+. The summed E-state index contributed by atoms with van der Waals surface area (Å²) in [5.74, 6) is 0.185. The summed E-state index contributed by atoms with van der Waals surface area (Å²) in [5.41, 5.74) is 12.0. The molecule has 0 radical (unpaired) electrons. The number of benzene rings is 5. The van der Waals surface area contributed by atoms with Crippen LogP contribution in [0.4, 0.5) is 5.69 Å². The van der Waals surface area contributed by atoms with Crippen LogP contribution in [0.5, 0.6) is 0 Å². The van der Waals surface area contributed by atoms with E-state index in [4.69, 9.17) is 0 Å². The maximum atomic E-state index is 4.63. The molecule has 0 spiro atoms. The molecule has 1 N–H and O–H groups in total. The Hall–Kier alpha value is -4.17. The van der Waals surface area contributed by atoms with Crippen molar-refractivity contribution in [1.82, 2.24) is 0 Å². The first kappa shape index (κ1) is 18.6. The van der Waals surface area contributed by atoms with Gasteiger partial charge in [-0.25, -0.2) is 0 Å². The van der Waals surface area contributed by atoms with E-state index in [9.17, 15) is 0 Å². The van der Waals surface area contributed by atoms with E-state index >= 15 is 0 Å². The Morgan fingerprint density at radius 1 is 0.562 bits per heavy atom. The molecule has 6 rings (SSSR count). The second-order valence-electron chi connectivity index (χ2n) is 8.13. The molecular formula is C30H22N2. The van der Waals surface area contributed by atoms with Crippen LogP contribution in [-0.2, 0) is 0 Å². The van der Waals surface area contributed by atoms with E-state index in [0.717, 1.165) is 11.3 Å². The Morgan fingerprint density at radius 3 is 1.94 bits per heavy atom. The zero-order valence-electron chi connectivity index (χ0n) is 17.6. The highest BCUT2D eigenvalue weighted by Gasteiger charge is 2.30. The number of fused-ring (bicyclic) bond motifs is 4. The number of rotatable bonds is 4. The first-order valence-electron chi connectivity index (χ1n) is 10.9. The van der Waals surface area contributed by atoms with Gasteiger partial charge in [0.2, 0.25) is 0 Å². The predicted octanol–water partition coefficient (Wildman–Crippen LogP) is 7.45. The van der Waals surface area contributed by atoms with Gasteiger partial charge in [-0.05, 0) is 50.7 Å². The third kappa shape index (κ3) is 3.09. The van der Waals surface area contributed by atoms with Gasteiger partial charge >= 0.3 is 0 Å². The van der Waals surface area contributed by atoms with Crippen molar-refractivity contribution in [2.45, 2.75) is 5.92 Å². The topological polar surface area (TPSA) is 24.4 Å². The van der Waals surface area contributed by atoms with E-state index < -0.39 is 0 Å². The molecule has 0 amide bonds. The molecule has 5 aromatic carbocycles. The second-order valence-corrected chi connectivity index (χ2v) is 8.13. The van der Waals surface area contributed by atoms with E-state index in [0.29, 0.717) is 0 Å². The molecule has 1 aliphatic carbocycles. The number of nitrogens with one attached hydrogen (secondary N) is 1. The van der Waals surface area contributed by atoms with Gasteiger partial charge in [0.25, 0.3) is 0 Å². The van der Waals surface area contributed by atoms with Gasteiger partial charge in [0.15, 0.2) is 0 Å². The van der Waals surface area contributed by atoms with Crippen LogP contribution in [0.3, 0.4) is 0 Å². The average molecular weight is 411 g/mol. The van der Waals surface area contributed by atoms with Gasteiger partial charge in [-0.3, -0.25) is 5.43 Å². The summed E-state index contributed by atoms with van der Waals surface area (Å²) in [4.78, 5) is 0. The maximum absolute atomic E-state index is 4.63. The van der Waals surface area contributed by atoms with Gasteiger partial charge in [-0.15, -0.1) is 0 Å². The minimum Gasteiger partial charge on any atom is -0.279 e. The molecule has 2 nitrogen and oxygen atoms in total. The predicted molar refractivity (Wildman–Crippen MR) is 134 cm³/mol. The minimum absolute atomic E-state index is 0.185. The summed E-state index contributed by atoms with van der Waals surface area (Å²) in [6.07, 6.45) is 1.98. The van der Waals surface area contributed by atoms with E-state index in [1.54, 1.807) is 0 Å². The summed E-state index contributed by atoms with van der Waals surface area (Å²) in [7, 11) is 0. The lowest BCUT2D eigenvalue weighted by atomic mass is 9.84. The number of anilines is 1. The lowest BCUT2D eigenvalue weighted by molar-refractivity contribution is 1.02. The highest BCUT2D eigenvalue weighted by molar-refractivity contribution is 6.02. The smallest absolute Gasteiger partial charge is 0.0561 e. The normalized spacial score (nSPS) is 12.8. The summed E-state index contributed by atoms with van der Waals surface area (Å²) in [6, 6.07) is 40.6. The Bertz CT molecular complexity index is 1410. The summed E-state index contributed by atoms with van der Waals surface area (Å²) >= 11 is 0. The highest BCUT2D eigenvalue weighted by Crippen LogP contribution is 2.48. The van der Waals surface area contributed by atoms with Crippen LogP contribution >= 0.6 is 0 Å². The molecule has 0 saturated heterocycles. The van der Waals surface area contributed by atoms with Crippen molar-refractivity contribution in [3.63, 3.8) is 0 Å². The fourth-order valence-electron chi connectivity index (χ4n) is 4.88. The molecule has 152 valence electrons. The van der Waals surface area contributed by atoms with Gasteiger partial charge in [-0.2, -0.15) is 5.10 Å². The lowest BCUT2D eigenvalue weighted by Gasteiger charge is -2.18. The second kappa shape index (κ2) is 7.82. The number of hydrogen-bond acceptors (Lipinski definition) is 2. The van der Waals surface area contributed by atoms with E-state index in [1.165, 1.54) is 38.6 Å². The van der Waals surface area contributed by atoms with E-state index in [-0.39, 0.29) is 5.92 Å². The Balaban J connectivity index is 1.54. The van der Waals surface area contributed by atoms with Gasteiger partial charge < -0.3 is 0 Å². The van der Waals surface area contributed by atoms with Crippen LogP contribution in [0.25, 0.3) is 21.9 Å². The van der Waals surface area contributed by atoms with Crippen LogP contribution in [0.2, 0.25) is 0 Å². The summed E-state index contributed by atoms with van der Waals surface area (Å²) < 4.78 is 0. The molecule has 0 unspecified atom stereocenters. The fraction of sp³-hybridized carbons (Fsp3) is 0.0333. The van der Waals surface area contributed by atoms with Crippen molar-refractivity contribution in [2.75, 3.05) is 5.43 Å². The molecule has 5 aromatic rings. The quantitative estimate of drug-likeness (QED) is 0.237. The summed E-state index contributed by atoms with van der Waals surface area (Å²) in [5, 5.41) is 7.06. The molecule has 2 heteroatoms. The molecule has 0 bridgehead atoms. The van der Waals surface area contributed by atoms with E-state index in [2.05, 4.69) is 95.5 Å². The molecule has 0 heterocycles. The van der Waals surface area contributed by atoms with Crippen molar-refractivity contribution in [3.05, 3.63) is 138 Å². The molecule has 0 atom stereocenters. The van der Waals surface area contributed by atoms with Gasteiger partial charge in [0.05, 0.1) is 11.9 Å². The molecule has 32 heavy (non-hydrogen) atoms. The number of para-hydroxylation sites is 1. The van der Waals surface area contributed by atoms with E-state index in [1.807, 2.05) is 36.5 Å². The Kier molecular flexibility index (Phi) is 4.54. The summed E-state index contributed by atoms with van der Waals surface area (Å²) in [6.45, 7) is 0. The Morgan fingerprint density at radius 2 is 1.19 bits per heavy atom. The first-order chi connectivity index (χ1) is 15.9. The van der Waals surface area contributed by atoms with Gasteiger partial charge in [-0.1, -0.05) is 103 Å². The third-order valence-electron chi connectivity index (χ3n) is 6.31. The lowest BCUT2D eigenvalue weighted by Crippen LogP contribution is -2.05. The zero-order chi connectivity index (χ0) is 21.3. The zero-order valence-corrected chi connectivity index (χ0v) is 17.6. The van der Waals surface area contributed by atoms with Gasteiger partial charge in [0, 0.05) is 11.5 Å². The first-order valence-corrected chi connectivity index (χ1v) is 10.9. The van der Waals surface area contributed by atoms with Crippen molar-refractivity contribution in [2.24, 2.45) is 5.10 Å². The van der Waals surface area contributed by atoms with Gasteiger partial charge in [0.1, 0.15) is 0 Å². The van der Waals surface area contributed by atoms with Crippen LogP contribution in [0.1, 0.15) is 28.2 Å². The number of hydrazone groups is 1. The monoisotopic (exact) mass is 410 g/mol. The molecule has 1 aliphatic rings. The number of nitrogens with zero attached hydrogens (tertiary/aromatic N) is 1. The molecule has 0 aliphatic heterocycles. The largest absolute Gasteiger partial charge is 0.279 e. The molecule has 0 saturated carbocycles. The van der Waals surface area contributed by atoms with Crippen LogP contribution in [-0.4, -0.2) is 6.21 Å². The van der Waals surface area contributed by atoms with Crippen LogP contribution in [0, 0.1) is 0 Å². The third-order valence-corrected chi connectivity index (χ3v) is 6.31. The van der Waals surface area contributed by atoms with Crippen molar-refractivity contribution in [1.29, 1.82) is 0 Å². The average Bonchev–Trinajstić information content (AvgIpc) is 3.19. The molecule has 0 fully saturated rings. The van der Waals surface area contributed by atoms with Crippen molar-refractivity contribution < 1.29 is 0 Å². The minimum atomic E-state index is 0.185. The number of hydrogen-bond donors (Lipinski definition) is 1. The molecular weight excluding hydrogens is 388 g/mol. The highest BCUT2D eigenvalue weighted by atomic mass is 15.3. The van der Waals surface area contributed by atoms with Crippen LogP contribution < -0.4 is 5.43 Å². The Labute approximate surface area is 187 Å². The SMILES string of the molecule is C(=N\Nc1ccccc1)/c1c(C2c3ccccc3-c3ccccc32)ccc2ccccc12. The van der Waals surface area contributed by atoms with Crippen molar-refractivity contribution in [3.8, 4) is 11.1 Å². The fourth-order valence-corrected chi connectivity index (χ4v) is 4.88.